The minimum absolute atomic E-state index is 0.0899. The van der Waals surface area contributed by atoms with E-state index < -0.39 is 5.82 Å². The van der Waals surface area contributed by atoms with E-state index in [0.717, 1.165) is 17.5 Å². The summed E-state index contributed by atoms with van der Waals surface area (Å²) < 4.78 is 19.9. The number of hydrogen-bond acceptors (Lipinski definition) is 6. The van der Waals surface area contributed by atoms with Crippen LogP contribution in [0.4, 0.5) is 4.39 Å². The maximum Gasteiger partial charge on any atom is 0.309 e. The Morgan fingerprint density at radius 3 is 2.61 bits per heavy atom. The first-order valence-electron chi connectivity index (χ1n) is 10.8. The molecule has 0 bridgehead atoms. The molecule has 33 heavy (non-hydrogen) atoms. The number of fused-ring (bicyclic) bond motifs is 1. The maximum atomic E-state index is 13.4. The van der Waals surface area contributed by atoms with E-state index in [2.05, 4.69) is 9.97 Å². The molecule has 1 aromatic carbocycles. The summed E-state index contributed by atoms with van der Waals surface area (Å²) in [4.78, 5) is 47.3. The summed E-state index contributed by atoms with van der Waals surface area (Å²) in [5.74, 6) is -0.792. The molecule has 1 N–H and O–H groups in total. The molecule has 1 amide bonds. The minimum atomic E-state index is -0.410. The lowest BCUT2D eigenvalue weighted by atomic mass is 9.97. The van der Waals surface area contributed by atoms with Crippen molar-refractivity contribution in [2.24, 2.45) is 5.92 Å². The van der Waals surface area contributed by atoms with Gasteiger partial charge in [-0.25, -0.2) is 9.37 Å². The summed E-state index contributed by atoms with van der Waals surface area (Å²) in [6, 6.07) is 7.34. The zero-order chi connectivity index (χ0) is 23.5. The number of ether oxygens (including phenoxy) is 1. The van der Waals surface area contributed by atoms with Gasteiger partial charge in [-0.15, -0.1) is 0 Å². The highest BCUT2D eigenvalue weighted by Crippen LogP contribution is 2.24. The quantitative estimate of drug-likeness (QED) is 0.337. The highest BCUT2D eigenvalue weighted by atomic mass is 32.2. The smallest absolute Gasteiger partial charge is 0.309 e. The minimum Gasteiger partial charge on any atom is -0.466 e. The van der Waals surface area contributed by atoms with E-state index in [1.54, 1.807) is 17.9 Å². The molecule has 1 saturated heterocycles. The molecular formula is C23H25FN4O4S. The van der Waals surface area contributed by atoms with Gasteiger partial charge in [0, 0.05) is 18.8 Å². The maximum absolute atomic E-state index is 13.4. The fourth-order valence-corrected chi connectivity index (χ4v) is 4.85. The van der Waals surface area contributed by atoms with E-state index in [-0.39, 0.29) is 29.1 Å². The molecule has 174 valence electrons. The van der Waals surface area contributed by atoms with E-state index in [9.17, 15) is 18.8 Å². The molecule has 8 nitrogen and oxygen atoms in total. The zero-order valence-electron chi connectivity index (χ0n) is 18.5. The van der Waals surface area contributed by atoms with Crippen molar-refractivity contribution in [3.05, 3.63) is 52.2 Å². The van der Waals surface area contributed by atoms with Gasteiger partial charge in [-0.1, -0.05) is 11.8 Å². The number of aromatic nitrogens is 3. The normalized spacial score (nSPS) is 14.6. The van der Waals surface area contributed by atoms with Gasteiger partial charge in [-0.3, -0.25) is 19.0 Å². The Morgan fingerprint density at radius 1 is 1.24 bits per heavy atom. The van der Waals surface area contributed by atoms with Gasteiger partial charge in [0.1, 0.15) is 11.3 Å². The summed E-state index contributed by atoms with van der Waals surface area (Å²) in [6.07, 6.45) is 1.14. The van der Waals surface area contributed by atoms with Crippen molar-refractivity contribution in [3.8, 4) is 5.69 Å². The zero-order valence-corrected chi connectivity index (χ0v) is 19.3. The Balaban J connectivity index is 1.53. The van der Waals surface area contributed by atoms with Crippen LogP contribution in [0.3, 0.4) is 0 Å². The van der Waals surface area contributed by atoms with E-state index in [1.807, 2.05) is 6.92 Å². The number of nitrogens with zero attached hydrogens (tertiary/aromatic N) is 3. The number of esters is 1. The lowest BCUT2D eigenvalue weighted by Gasteiger charge is -2.30. The van der Waals surface area contributed by atoms with Crippen molar-refractivity contribution in [3.63, 3.8) is 0 Å². The Labute approximate surface area is 194 Å². The Hall–Kier alpha value is -3.14. The molecule has 0 aliphatic carbocycles. The summed E-state index contributed by atoms with van der Waals surface area (Å²) in [7, 11) is 0. The van der Waals surface area contributed by atoms with Crippen molar-refractivity contribution >= 4 is 34.7 Å². The second kappa shape index (κ2) is 9.78. The summed E-state index contributed by atoms with van der Waals surface area (Å²) >= 11 is 1.16. The highest BCUT2D eigenvalue weighted by Gasteiger charge is 2.28. The number of H-pyrrole nitrogens is 1. The monoisotopic (exact) mass is 472 g/mol. The number of nitrogens with one attached hydrogen (secondary N) is 1. The van der Waals surface area contributed by atoms with Crippen LogP contribution < -0.4 is 5.56 Å². The molecule has 0 unspecified atom stereocenters. The van der Waals surface area contributed by atoms with Crippen LogP contribution in [0.25, 0.3) is 16.7 Å². The van der Waals surface area contributed by atoms with E-state index in [0.29, 0.717) is 54.4 Å². The third-order valence-electron chi connectivity index (χ3n) is 5.63. The van der Waals surface area contributed by atoms with Crippen molar-refractivity contribution in [2.75, 3.05) is 25.4 Å². The van der Waals surface area contributed by atoms with Gasteiger partial charge in [0.25, 0.3) is 5.56 Å². The topological polar surface area (TPSA) is 97.3 Å². The van der Waals surface area contributed by atoms with Crippen LogP contribution in [0.2, 0.25) is 0 Å². The van der Waals surface area contributed by atoms with E-state index in [1.165, 1.54) is 28.8 Å². The molecule has 0 radical (unpaired) electrons. The number of carbonyl (C=O) groups is 2. The molecular weight excluding hydrogens is 447 g/mol. The number of piperidine rings is 1. The molecule has 4 rings (SSSR count). The Morgan fingerprint density at radius 2 is 1.94 bits per heavy atom. The fourth-order valence-electron chi connectivity index (χ4n) is 3.93. The third kappa shape index (κ3) is 4.95. The number of carbonyl (C=O) groups excluding carboxylic acids is 2. The van der Waals surface area contributed by atoms with E-state index in [4.69, 9.17) is 4.74 Å². The van der Waals surface area contributed by atoms with Crippen LogP contribution in [0, 0.1) is 18.7 Å². The van der Waals surface area contributed by atoms with E-state index >= 15 is 0 Å². The van der Waals surface area contributed by atoms with Crippen LogP contribution in [0.1, 0.15) is 25.5 Å². The van der Waals surface area contributed by atoms with Crippen LogP contribution in [-0.4, -0.2) is 56.8 Å². The number of thioether (sulfide) groups is 1. The number of aryl methyl sites for hydroxylation is 1. The molecule has 1 fully saturated rings. The predicted molar refractivity (Wildman–Crippen MR) is 123 cm³/mol. The SMILES string of the molecule is CCOC(=O)C1CCN(C(=O)CSc2nc3cc(C)[nH]c3c(=O)n2-c2ccc(F)cc2)CC1. The number of rotatable bonds is 6. The second-order valence-electron chi connectivity index (χ2n) is 7.92. The lowest BCUT2D eigenvalue weighted by Crippen LogP contribution is -2.41. The number of aromatic amines is 1. The predicted octanol–water partition coefficient (Wildman–Crippen LogP) is 3.06. The number of amides is 1. The van der Waals surface area contributed by atoms with Crippen LogP contribution in [-0.2, 0) is 14.3 Å². The van der Waals surface area contributed by atoms with Gasteiger partial charge in [-0.2, -0.15) is 0 Å². The molecule has 3 heterocycles. The lowest BCUT2D eigenvalue weighted by molar-refractivity contribution is -0.151. The van der Waals surface area contributed by atoms with Crippen LogP contribution >= 0.6 is 11.8 Å². The van der Waals surface area contributed by atoms with Crippen LogP contribution in [0.5, 0.6) is 0 Å². The van der Waals surface area contributed by atoms with Gasteiger partial charge in [-0.05, 0) is 57.0 Å². The van der Waals surface area contributed by atoms with Crippen LogP contribution in [0.15, 0.2) is 40.3 Å². The molecule has 1 aliphatic rings. The molecule has 2 aromatic heterocycles. The molecule has 0 spiro atoms. The van der Waals surface area contributed by atoms with Gasteiger partial charge >= 0.3 is 5.97 Å². The third-order valence-corrected chi connectivity index (χ3v) is 6.56. The first-order valence-corrected chi connectivity index (χ1v) is 11.8. The number of benzene rings is 1. The number of halogens is 1. The Bertz CT molecular complexity index is 1230. The van der Waals surface area contributed by atoms with Gasteiger partial charge < -0.3 is 14.6 Å². The molecule has 0 atom stereocenters. The molecule has 3 aromatic rings. The van der Waals surface area contributed by atoms with Crippen molar-refractivity contribution in [1.82, 2.24) is 19.4 Å². The van der Waals surface area contributed by atoms with Gasteiger partial charge in [0.05, 0.1) is 29.5 Å². The van der Waals surface area contributed by atoms with Crippen molar-refractivity contribution in [2.45, 2.75) is 31.8 Å². The fraction of sp³-hybridized carbons (Fsp3) is 0.391. The second-order valence-corrected chi connectivity index (χ2v) is 8.86. The van der Waals surface area contributed by atoms with Crippen molar-refractivity contribution < 1.29 is 18.7 Å². The summed E-state index contributed by atoms with van der Waals surface area (Å²) in [5, 5.41) is 0.355. The highest BCUT2D eigenvalue weighted by molar-refractivity contribution is 7.99. The summed E-state index contributed by atoms with van der Waals surface area (Å²) in [5.41, 5.74) is 1.82. The number of hydrogen-bond donors (Lipinski definition) is 1. The average molecular weight is 473 g/mol. The molecule has 1 aliphatic heterocycles. The van der Waals surface area contributed by atoms with Gasteiger partial charge in [0.15, 0.2) is 5.16 Å². The first kappa shape index (κ1) is 23.0. The Kier molecular flexibility index (Phi) is 6.83. The first-order chi connectivity index (χ1) is 15.9. The standard InChI is InChI=1S/C23H25FN4O4S/c1-3-32-22(31)15-8-10-27(11-9-15)19(29)13-33-23-26-18-12-14(2)25-20(18)21(30)28(23)17-6-4-16(24)5-7-17/h4-7,12,15,25H,3,8-11,13H2,1-2H3. The molecule has 10 heteroatoms. The summed E-state index contributed by atoms with van der Waals surface area (Å²) in [6.45, 7) is 4.93. The van der Waals surface area contributed by atoms with Gasteiger partial charge in [0.2, 0.25) is 5.91 Å². The van der Waals surface area contributed by atoms with Crippen molar-refractivity contribution in [1.29, 1.82) is 0 Å². The molecule has 0 saturated carbocycles. The largest absolute Gasteiger partial charge is 0.466 e. The average Bonchev–Trinajstić information content (AvgIpc) is 3.19. The number of likely N-dealkylation sites (tertiary alicyclic amines) is 1.